The Kier molecular flexibility index (Phi) is 11.5. The molecule has 2 heteroatoms. The quantitative estimate of drug-likeness (QED) is 0.272. The highest BCUT2D eigenvalue weighted by molar-refractivity contribution is 5.79. The molecule has 0 atom stereocenters. The third kappa shape index (κ3) is 8.07. The molecule has 2 rings (SSSR count). The molecule has 190 valence electrons. The Labute approximate surface area is 209 Å². The summed E-state index contributed by atoms with van der Waals surface area (Å²) in [6, 6.07) is 8.41. The summed E-state index contributed by atoms with van der Waals surface area (Å²) in [6.07, 6.45) is 15.8. The lowest BCUT2D eigenvalue weighted by Crippen LogP contribution is -2.12. The molecule has 34 heavy (non-hydrogen) atoms. The van der Waals surface area contributed by atoms with Gasteiger partial charge in [-0.15, -0.1) is 0 Å². The van der Waals surface area contributed by atoms with E-state index in [1.165, 1.54) is 68.9 Å². The standard InChI is InChI=1S/C32H50O2/c1-7-10-11-12-13-14-15-16-17-18-19-26-20-24(8-2)21-27(30(26)33)28-22-25(9-3)23-29(31(28)34)32(4,5)6/h20-23,33-34H,7-19H2,1-6H3. The molecule has 0 saturated carbocycles. The highest BCUT2D eigenvalue weighted by atomic mass is 16.3. The third-order valence-electron chi connectivity index (χ3n) is 7.13. The van der Waals surface area contributed by atoms with Gasteiger partial charge in [-0.25, -0.2) is 0 Å². The predicted octanol–water partition coefficient (Wildman–Crippen LogP) is 9.65. The highest BCUT2D eigenvalue weighted by Crippen LogP contribution is 2.44. The van der Waals surface area contributed by atoms with Gasteiger partial charge in [0.15, 0.2) is 0 Å². The zero-order valence-electron chi connectivity index (χ0n) is 22.9. The van der Waals surface area contributed by atoms with E-state index in [-0.39, 0.29) is 5.41 Å². The van der Waals surface area contributed by atoms with E-state index in [1.54, 1.807) is 0 Å². The van der Waals surface area contributed by atoms with E-state index in [2.05, 4.69) is 65.8 Å². The van der Waals surface area contributed by atoms with Crippen LogP contribution in [0.2, 0.25) is 0 Å². The maximum Gasteiger partial charge on any atom is 0.127 e. The van der Waals surface area contributed by atoms with Gasteiger partial charge in [-0.2, -0.15) is 0 Å². The van der Waals surface area contributed by atoms with Gasteiger partial charge in [-0.05, 0) is 59.9 Å². The number of unbranched alkanes of at least 4 members (excludes halogenated alkanes) is 9. The van der Waals surface area contributed by atoms with Crippen LogP contribution in [0.5, 0.6) is 11.5 Å². The molecule has 0 bridgehead atoms. The van der Waals surface area contributed by atoms with Gasteiger partial charge in [0.25, 0.3) is 0 Å². The van der Waals surface area contributed by atoms with Crippen molar-refractivity contribution in [2.75, 3.05) is 0 Å². The van der Waals surface area contributed by atoms with Gasteiger partial charge < -0.3 is 10.2 Å². The van der Waals surface area contributed by atoms with Crippen molar-refractivity contribution in [1.82, 2.24) is 0 Å². The Bertz CT molecular complexity index is 889. The number of aromatic hydroxyl groups is 2. The van der Waals surface area contributed by atoms with Crippen LogP contribution in [0.4, 0.5) is 0 Å². The molecular weight excluding hydrogens is 416 g/mol. The minimum Gasteiger partial charge on any atom is -0.507 e. The average molecular weight is 467 g/mol. The molecule has 0 radical (unpaired) electrons. The normalized spacial score (nSPS) is 11.8. The van der Waals surface area contributed by atoms with Crippen LogP contribution >= 0.6 is 0 Å². The van der Waals surface area contributed by atoms with E-state index in [4.69, 9.17) is 0 Å². The van der Waals surface area contributed by atoms with Crippen LogP contribution in [0.25, 0.3) is 11.1 Å². The van der Waals surface area contributed by atoms with Crippen LogP contribution < -0.4 is 0 Å². The average Bonchev–Trinajstić information content (AvgIpc) is 2.80. The van der Waals surface area contributed by atoms with Gasteiger partial charge in [-0.3, -0.25) is 0 Å². The fourth-order valence-corrected chi connectivity index (χ4v) is 4.84. The Morgan fingerprint density at radius 3 is 1.56 bits per heavy atom. The lowest BCUT2D eigenvalue weighted by Gasteiger charge is -2.24. The fourth-order valence-electron chi connectivity index (χ4n) is 4.84. The minimum absolute atomic E-state index is 0.166. The molecular formula is C32H50O2. The van der Waals surface area contributed by atoms with Gasteiger partial charge in [0.05, 0.1) is 0 Å². The van der Waals surface area contributed by atoms with E-state index in [0.717, 1.165) is 47.9 Å². The maximum atomic E-state index is 11.3. The second-order valence-electron chi connectivity index (χ2n) is 11.1. The van der Waals surface area contributed by atoms with Crippen molar-refractivity contribution in [3.63, 3.8) is 0 Å². The summed E-state index contributed by atoms with van der Waals surface area (Å²) in [4.78, 5) is 0. The molecule has 2 aromatic rings. The summed E-state index contributed by atoms with van der Waals surface area (Å²) < 4.78 is 0. The summed E-state index contributed by atoms with van der Waals surface area (Å²) >= 11 is 0. The molecule has 0 aliphatic carbocycles. The van der Waals surface area contributed by atoms with E-state index in [1.807, 2.05) is 0 Å². The SMILES string of the molecule is CCCCCCCCCCCCc1cc(CC)cc(-c2cc(CC)cc(C(C)(C)C)c2O)c1O. The van der Waals surface area contributed by atoms with E-state index in [9.17, 15) is 10.2 Å². The summed E-state index contributed by atoms with van der Waals surface area (Å²) in [5, 5.41) is 22.5. The molecule has 2 aromatic carbocycles. The first kappa shape index (κ1) is 28.3. The number of rotatable bonds is 14. The van der Waals surface area contributed by atoms with Crippen molar-refractivity contribution >= 4 is 0 Å². The first-order valence-electron chi connectivity index (χ1n) is 13.9. The van der Waals surface area contributed by atoms with Crippen LogP contribution in [-0.4, -0.2) is 10.2 Å². The first-order valence-corrected chi connectivity index (χ1v) is 13.9. The predicted molar refractivity (Wildman–Crippen MR) is 148 cm³/mol. The lowest BCUT2D eigenvalue weighted by atomic mass is 9.82. The first-order chi connectivity index (χ1) is 16.2. The number of benzene rings is 2. The smallest absolute Gasteiger partial charge is 0.127 e. The van der Waals surface area contributed by atoms with Crippen LogP contribution in [0.3, 0.4) is 0 Å². The van der Waals surface area contributed by atoms with Gasteiger partial charge in [0.2, 0.25) is 0 Å². The van der Waals surface area contributed by atoms with Crippen molar-refractivity contribution in [3.8, 4) is 22.6 Å². The second kappa shape index (κ2) is 13.8. The van der Waals surface area contributed by atoms with Gasteiger partial charge in [0, 0.05) is 16.7 Å². The summed E-state index contributed by atoms with van der Waals surface area (Å²) in [7, 11) is 0. The Hall–Kier alpha value is -1.96. The zero-order valence-corrected chi connectivity index (χ0v) is 22.9. The van der Waals surface area contributed by atoms with E-state index < -0.39 is 0 Å². The molecule has 0 heterocycles. The largest absolute Gasteiger partial charge is 0.507 e. The molecule has 2 N–H and O–H groups in total. The number of hydrogen-bond acceptors (Lipinski definition) is 2. The van der Waals surface area contributed by atoms with Crippen LogP contribution in [-0.2, 0) is 24.7 Å². The molecule has 0 unspecified atom stereocenters. The van der Waals surface area contributed by atoms with E-state index in [0.29, 0.717) is 11.5 Å². The fraction of sp³-hybridized carbons (Fsp3) is 0.625. The molecule has 0 aliphatic rings. The van der Waals surface area contributed by atoms with Gasteiger partial charge in [0.1, 0.15) is 11.5 Å². The van der Waals surface area contributed by atoms with Gasteiger partial charge in [-0.1, -0.05) is 111 Å². The Morgan fingerprint density at radius 2 is 1.06 bits per heavy atom. The topological polar surface area (TPSA) is 40.5 Å². The maximum absolute atomic E-state index is 11.3. The van der Waals surface area contributed by atoms with E-state index >= 15 is 0 Å². The monoisotopic (exact) mass is 466 g/mol. The highest BCUT2D eigenvalue weighted by Gasteiger charge is 2.23. The number of phenolic OH excluding ortho intramolecular Hbond substituents is 2. The molecule has 2 nitrogen and oxygen atoms in total. The summed E-state index contributed by atoms with van der Waals surface area (Å²) in [5.41, 5.74) is 5.75. The molecule has 0 aliphatic heterocycles. The van der Waals surface area contributed by atoms with Crippen molar-refractivity contribution in [2.45, 2.75) is 130 Å². The van der Waals surface area contributed by atoms with Crippen LogP contribution in [0, 0.1) is 0 Å². The molecule has 0 fully saturated rings. The van der Waals surface area contributed by atoms with Crippen molar-refractivity contribution < 1.29 is 10.2 Å². The molecule has 0 saturated heterocycles. The minimum atomic E-state index is -0.166. The summed E-state index contributed by atoms with van der Waals surface area (Å²) in [5.74, 6) is 0.648. The summed E-state index contributed by atoms with van der Waals surface area (Å²) in [6.45, 7) is 13.0. The number of aryl methyl sites for hydroxylation is 3. The molecule has 0 spiro atoms. The van der Waals surface area contributed by atoms with Crippen LogP contribution in [0.1, 0.15) is 128 Å². The van der Waals surface area contributed by atoms with Crippen molar-refractivity contribution in [2.24, 2.45) is 0 Å². The zero-order chi connectivity index (χ0) is 25.1. The molecule has 0 aromatic heterocycles. The number of hydrogen-bond donors (Lipinski definition) is 2. The van der Waals surface area contributed by atoms with Crippen molar-refractivity contribution in [1.29, 1.82) is 0 Å². The Balaban J connectivity index is 2.14. The lowest BCUT2D eigenvalue weighted by molar-refractivity contribution is 0.445. The van der Waals surface area contributed by atoms with Gasteiger partial charge >= 0.3 is 0 Å². The second-order valence-corrected chi connectivity index (χ2v) is 11.1. The van der Waals surface area contributed by atoms with Crippen molar-refractivity contribution in [3.05, 3.63) is 46.5 Å². The number of phenols is 2. The molecule has 0 amide bonds. The van der Waals surface area contributed by atoms with Crippen LogP contribution in [0.15, 0.2) is 24.3 Å². The third-order valence-corrected chi connectivity index (χ3v) is 7.13. The Morgan fingerprint density at radius 1 is 0.588 bits per heavy atom.